The Kier molecular flexibility index (Phi) is 8.74. The van der Waals surface area contributed by atoms with Crippen LogP contribution in [0.25, 0.3) is 0 Å². The van der Waals surface area contributed by atoms with Crippen LogP contribution < -0.4 is 10.1 Å². The summed E-state index contributed by atoms with van der Waals surface area (Å²) in [5, 5.41) is 13.1. The lowest BCUT2D eigenvalue weighted by molar-refractivity contribution is 0.106. The molecule has 0 fully saturated rings. The predicted molar refractivity (Wildman–Crippen MR) is 87.9 cm³/mol. The molecule has 1 aromatic carbocycles. The number of rotatable bonds is 10. The maximum Gasteiger partial charge on any atom is 0.119 e. The van der Waals surface area contributed by atoms with Gasteiger partial charge in [0.1, 0.15) is 18.5 Å². The predicted octanol–water partition coefficient (Wildman–Crippen LogP) is 2.78. The Hall–Kier alpha value is -0.710. The Bertz CT molecular complexity index is 364. The summed E-state index contributed by atoms with van der Waals surface area (Å²) in [5.41, 5.74) is 2.36. The van der Waals surface area contributed by atoms with Crippen molar-refractivity contribution in [3.8, 4) is 5.75 Å². The highest BCUT2D eigenvalue weighted by atomic mass is 32.2. The van der Waals surface area contributed by atoms with Crippen LogP contribution in [0.2, 0.25) is 0 Å². The molecule has 1 unspecified atom stereocenters. The van der Waals surface area contributed by atoms with Gasteiger partial charge in [0.25, 0.3) is 0 Å². The fourth-order valence-corrected chi connectivity index (χ4v) is 2.53. The minimum absolute atomic E-state index is 0.334. The van der Waals surface area contributed by atoms with Gasteiger partial charge < -0.3 is 15.2 Å². The topological polar surface area (TPSA) is 41.5 Å². The summed E-state index contributed by atoms with van der Waals surface area (Å²) < 4.78 is 5.63. The Labute approximate surface area is 127 Å². The van der Waals surface area contributed by atoms with Crippen molar-refractivity contribution in [3.05, 3.63) is 29.3 Å². The molecule has 0 amide bonds. The zero-order valence-corrected chi connectivity index (χ0v) is 13.6. The molecule has 0 aliphatic carbocycles. The van der Waals surface area contributed by atoms with Gasteiger partial charge in [-0.1, -0.05) is 6.07 Å². The normalized spacial score (nSPS) is 12.4. The average Bonchev–Trinajstić information content (AvgIpc) is 2.39. The molecule has 0 bridgehead atoms. The molecule has 0 heterocycles. The first-order chi connectivity index (χ1) is 9.61. The van der Waals surface area contributed by atoms with Gasteiger partial charge in [0, 0.05) is 6.54 Å². The minimum Gasteiger partial charge on any atom is -0.491 e. The van der Waals surface area contributed by atoms with Crippen molar-refractivity contribution < 1.29 is 9.84 Å². The number of ether oxygens (including phenoxy) is 1. The second kappa shape index (κ2) is 10.1. The number of aryl methyl sites for hydroxylation is 2. The van der Waals surface area contributed by atoms with E-state index in [-0.39, 0.29) is 0 Å². The average molecular weight is 297 g/mol. The fraction of sp³-hybridized carbons (Fsp3) is 0.625. The highest BCUT2D eigenvalue weighted by Gasteiger charge is 2.05. The molecule has 4 heteroatoms. The van der Waals surface area contributed by atoms with Crippen LogP contribution in [0.4, 0.5) is 0 Å². The molecule has 2 N–H and O–H groups in total. The van der Waals surface area contributed by atoms with Gasteiger partial charge in [-0.3, -0.25) is 0 Å². The van der Waals surface area contributed by atoms with E-state index in [1.807, 2.05) is 37.7 Å². The van der Waals surface area contributed by atoms with Crippen LogP contribution in [0.1, 0.15) is 24.0 Å². The maximum atomic E-state index is 9.86. The fourth-order valence-electron chi connectivity index (χ4n) is 2.03. The first-order valence-electron chi connectivity index (χ1n) is 7.20. The third kappa shape index (κ3) is 7.78. The zero-order valence-electron chi connectivity index (χ0n) is 12.8. The van der Waals surface area contributed by atoms with E-state index in [1.54, 1.807) is 0 Å². The molecule has 0 saturated heterocycles. The lowest BCUT2D eigenvalue weighted by Gasteiger charge is -2.14. The number of benzene rings is 1. The van der Waals surface area contributed by atoms with E-state index in [2.05, 4.69) is 17.6 Å². The van der Waals surface area contributed by atoms with Gasteiger partial charge in [0.05, 0.1) is 0 Å². The number of nitrogens with one attached hydrogen (secondary N) is 1. The lowest BCUT2D eigenvalue weighted by atomic mass is 10.1. The van der Waals surface area contributed by atoms with Crippen molar-refractivity contribution in [2.24, 2.45) is 0 Å². The number of thioether (sulfide) groups is 1. The molecule has 0 spiro atoms. The second-order valence-electron chi connectivity index (χ2n) is 5.19. The lowest BCUT2D eigenvalue weighted by Crippen LogP contribution is -2.32. The standard InChI is InChI=1S/C16H27NO2S/c1-13-8-14(2)10-16(9-13)19-12-15(18)11-17-6-4-5-7-20-3/h8-10,15,17-18H,4-7,11-12H2,1-3H3. The highest BCUT2D eigenvalue weighted by Crippen LogP contribution is 2.16. The summed E-state index contributed by atoms with van der Waals surface area (Å²) in [7, 11) is 0. The summed E-state index contributed by atoms with van der Waals surface area (Å²) >= 11 is 1.88. The molecule has 20 heavy (non-hydrogen) atoms. The molecule has 1 atom stereocenters. The van der Waals surface area contributed by atoms with Crippen LogP contribution in [0.15, 0.2) is 18.2 Å². The Morgan fingerprint density at radius 1 is 1.20 bits per heavy atom. The van der Waals surface area contributed by atoms with Crippen LogP contribution in [0, 0.1) is 13.8 Å². The number of aliphatic hydroxyl groups excluding tert-OH is 1. The van der Waals surface area contributed by atoms with Gasteiger partial charge in [-0.15, -0.1) is 0 Å². The van der Waals surface area contributed by atoms with Gasteiger partial charge in [0.15, 0.2) is 0 Å². The van der Waals surface area contributed by atoms with Crippen LogP contribution in [-0.2, 0) is 0 Å². The van der Waals surface area contributed by atoms with Crippen molar-refractivity contribution in [3.63, 3.8) is 0 Å². The first kappa shape index (κ1) is 17.3. The van der Waals surface area contributed by atoms with Gasteiger partial charge in [0.2, 0.25) is 0 Å². The summed E-state index contributed by atoms with van der Waals surface area (Å²) in [6, 6.07) is 6.10. The van der Waals surface area contributed by atoms with E-state index in [9.17, 15) is 5.11 Å². The SMILES string of the molecule is CSCCCCNCC(O)COc1cc(C)cc(C)c1. The molecule has 0 radical (unpaired) electrons. The number of aliphatic hydroxyl groups is 1. The van der Waals surface area contributed by atoms with Crippen LogP contribution >= 0.6 is 11.8 Å². The van der Waals surface area contributed by atoms with Gasteiger partial charge >= 0.3 is 0 Å². The first-order valence-corrected chi connectivity index (χ1v) is 8.60. The van der Waals surface area contributed by atoms with E-state index in [0.29, 0.717) is 13.2 Å². The monoisotopic (exact) mass is 297 g/mol. The summed E-state index contributed by atoms with van der Waals surface area (Å²) in [5.74, 6) is 2.04. The number of unbranched alkanes of at least 4 members (excludes halogenated alkanes) is 1. The molecular weight excluding hydrogens is 270 g/mol. The molecule has 0 aliphatic rings. The third-order valence-electron chi connectivity index (χ3n) is 2.97. The third-order valence-corrected chi connectivity index (χ3v) is 3.67. The maximum absolute atomic E-state index is 9.86. The number of hydrogen-bond donors (Lipinski definition) is 2. The minimum atomic E-state index is -0.462. The largest absolute Gasteiger partial charge is 0.491 e. The van der Waals surface area contributed by atoms with Gasteiger partial charge in [-0.25, -0.2) is 0 Å². The van der Waals surface area contributed by atoms with Crippen molar-refractivity contribution in [2.75, 3.05) is 31.7 Å². The van der Waals surface area contributed by atoms with E-state index in [1.165, 1.54) is 23.3 Å². The Morgan fingerprint density at radius 3 is 2.55 bits per heavy atom. The quantitative estimate of drug-likeness (QED) is 0.652. The van der Waals surface area contributed by atoms with Crippen molar-refractivity contribution >= 4 is 11.8 Å². The smallest absolute Gasteiger partial charge is 0.119 e. The molecule has 0 saturated carbocycles. The molecule has 1 aromatic rings. The summed E-state index contributed by atoms with van der Waals surface area (Å²) in [6.45, 7) is 5.98. The van der Waals surface area contributed by atoms with Gasteiger partial charge in [-0.05, 0) is 68.5 Å². The molecule has 0 aromatic heterocycles. The van der Waals surface area contributed by atoms with Crippen molar-refractivity contribution in [1.29, 1.82) is 0 Å². The molecule has 3 nitrogen and oxygen atoms in total. The van der Waals surface area contributed by atoms with E-state index < -0.39 is 6.10 Å². The van der Waals surface area contributed by atoms with Gasteiger partial charge in [-0.2, -0.15) is 11.8 Å². The molecule has 114 valence electrons. The molecule has 0 aliphatic heterocycles. The zero-order chi connectivity index (χ0) is 14.8. The number of hydrogen-bond acceptors (Lipinski definition) is 4. The second-order valence-corrected chi connectivity index (χ2v) is 6.18. The Balaban J connectivity index is 2.14. The highest BCUT2D eigenvalue weighted by molar-refractivity contribution is 7.98. The summed E-state index contributed by atoms with van der Waals surface area (Å²) in [4.78, 5) is 0. The van der Waals surface area contributed by atoms with E-state index in [0.717, 1.165) is 18.7 Å². The van der Waals surface area contributed by atoms with Crippen LogP contribution in [0.3, 0.4) is 0 Å². The molecular formula is C16H27NO2S. The van der Waals surface area contributed by atoms with Crippen LogP contribution in [-0.4, -0.2) is 42.9 Å². The van der Waals surface area contributed by atoms with Crippen molar-refractivity contribution in [2.45, 2.75) is 32.8 Å². The summed E-state index contributed by atoms with van der Waals surface area (Å²) in [6.07, 6.45) is 4.05. The van der Waals surface area contributed by atoms with E-state index in [4.69, 9.17) is 4.74 Å². The van der Waals surface area contributed by atoms with E-state index >= 15 is 0 Å². The molecule has 1 rings (SSSR count). The van der Waals surface area contributed by atoms with Crippen molar-refractivity contribution in [1.82, 2.24) is 5.32 Å². The van der Waals surface area contributed by atoms with Crippen LogP contribution in [0.5, 0.6) is 5.75 Å². The Morgan fingerprint density at radius 2 is 1.90 bits per heavy atom.